The summed E-state index contributed by atoms with van der Waals surface area (Å²) >= 11 is 0. The highest BCUT2D eigenvalue weighted by Gasteiger charge is 2.15. The third kappa shape index (κ3) is 2.66. The third-order valence-electron chi connectivity index (χ3n) is 2.27. The molecule has 0 atom stereocenters. The van der Waals surface area contributed by atoms with Gasteiger partial charge in [0.25, 0.3) is 10.0 Å². The summed E-state index contributed by atoms with van der Waals surface area (Å²) in [7, 11) is -1.93. The Morgan fingerprint density at radius 3 is 2.67 bits per heavy atom. The highest BCUT2D eigenvalue weighted by Crippen LogP contribution is 2.14. The zero-order valence-corrected chi connectivity index (χ0v) is 10.6. The summed E-state index contributed by atoms with van der Waals surface area (Å²) in [5.74, 6) is 0. The first-order valence-electron chi connectivity index (χ1n) is 5.18. The maximum atomic E-state index is 12.0. The number of rotatable bonds is 4. The Morgan fingerprint density at radius 2 is 2.17 bits per heavy atom. The molecule has 0 saturated heterocycles. The van der Waals surface area contributed by atoms with Crippen molar-refractivity contribution in [2.45, 2.75) is 11.4 Å². The number of hydrogen-bond donors (Lipinski definition) is 2. The molecule has 2 rings (SSSR count). The third-order valence-corrected chi connectivity index (χ3v) is 3.64. The van der Waals surface area contributed by atoms with Crippen LogP contribution in [0.4, 0.5) is 5.69 Å². The number of nitrogens with two attached hydrogens (primary N) is 1. The summed E-state index contributed by atoms with van der Waals surface area (Å²) in [5.41, 5.74) is 6.43. The van der Waals surface area contributed by atoms with Gasteiger partial charge in [-0.1, -0.05) is 0 Å². The van der Waals surface area contributed by atoms with E-state index in [9.17, 15) is 8.42 Å². The molecule has 8 heteroatoms. The zero-order chi connectivity index (χ0) is 13.2. The molecule has 0 saturated carbocycles. The Morgan fingerprint density at radius 1 is 1.39 bits per heavy atom. The van der Waals surface area contributed by atoms with E-state index in [2.05, 4.69) is 14.8 Å². The summed E-state index contributed by atoms with van der Waals surface area (Å²) in [6.07, 6.45) is 4.28. The van der Waals surface area contributed by atoms with E-state index in [-0.39, 0.29) is 11.4 Å². The van der Waals surface area contributed by atoms with E-state index in [1.807, 2.05) is 0 Å². The van der Waals surface area contributed by atoms with Gasteiger partial charge < -0.3 is 5.73 Å². The van der Waals surface area contributed by atoms with Gasteiger partial charge in [0.2, 0.25) is 0 Å². The molecule has 0 bridgehead atoms. The number of nitrogens with one attached hydrogen (secondary N) is 1. The van der Waals surface area contributed by atoms with Gasteiger partial charge in [0.1, 0.15) is 4.90 Å². The predicted molar refractivity (Wildman–Crippen MR) is 66.1 cm³/mol. The minimum absolute atomic E-state index is 0.0866. The quantitative estimate of drug-likeness (QED) is 0.816. The molecule has 2 heterocycles. The highest BCUT2D eigenvalue weighted by atomic mass is 32.2. The minimum atomic E-state index is -3.63. The maximum Gasteiger partial charge on any atom is 0.263 e. The molecule has 0 aliphatic carbocycles. The van der Waals surface area contributed by atoms with Gasteiger partial charge in [0.05, 0.1) is 17.6 Å². The van der Waals surface area contributed by atoms with Crippen LogP contribution in [0.2, 0.25) is 0 Å². The molecule has 0 spiro atoms. The normalized spacial score (nSPS) is 11.4. The van der Waals surface area contributed by atoms with Gasteiger partial charge in [-0.05, 0) is 12.1 Å². The molecule has 3 N–H and O–H groups in total. The molecule has 0 aliphatic rings. The van der Waals surface area contributed by atoms with Crippen molar-refractivity contribution in [2.75, 3.05) is 4.72 Å². The molecule has 0 unspecified atom stereocenters. The molecular weight excluding hydrogens is 254 g/mol. The van der Waals surface area contributed by atoms with Gasteiger partial charge in [-0.15, -0.1) is 0 Å². The van der Waals surface area contributed by atoms with Crippen LogP contribution in [0.15, 0.2) is 35.6 Å². The molecule has 96 valence electrons. The van der Waals surface area contributed by atoms with E-state index in [1.165, 1.54) is 23.1 Å². The number of hydrogen-bond acceptors (Lipinski definition) is 5. The minimum Gasteiger partial charge on any atom is -0.325 e. The van der Waals surface area contributed by atoms with E-state index in [1.54, 1.807) is 19.3 Å². The van der Waals surface area contributed by atoms with Crippen LogP contribution in [0.3, 0.4) is 0 Å². The van der Waals surface area contributed by atoms with Crippen LogP contribution in [-0.2, 0) is 23.6 Å². The topological polar surface area (TPSA) is 103 Å². The van der Waals surface area contributed by atoms with E-state index < -0.39 is 10.0 Å². The fourth-order valence-electron chi connectivity index (χ4n) is 1.38. The van der Waals surface area contributed by atoms with Crippen molar-refractivity contribution in [3.8, 4) is 0 Å². The van der Waals surface area contributed by atoms with E-state index in [4.69, 9.17) is 5.73 Å². The number of pyridine rings is 1. The Labute approximate surface area is 105 Å². The van der Waals surface area contributed by atoms with Crippen LogP contribution in [0.5, 0.6) is 0 Å². The first kappa shape index (κ1) is 12.5. The largest absolute Gasteiger partial charge is 0.325 e. The molecule has 2 aromatic heterocycles. The van der Waals surface area contributed by atoms with Crippen molar-refractivity contribution < 1.29 is 8.42 Å². The maximum absolute atomic E-state index is 12.0. The van der Waals surface area contributed by atoms with Crippen LogP contribution in [-0.4, -0.2) is 23.2 Å². The average molecular weight is 267 g/mol. The fourth-order valence-corrected chi connectivity index (χ4v) is 2.35. The Kier molecular flexibility index (Phi) is 3.30. The lowest BCUT2D eigenvalue weighted by atomic mass is 10.4. The van der Waals surface area contributed by atoms with Crippen molar-refractivity contribution in [1.82, 2.24) is 14.8 Å². The van der Waals surface area contributed by atoms with E-state index >= 15 is 0 Å². The summed E-state index contributed by atoms with van der Waals surface area (Å²) in [4.78, 5) is 4.03. The second kappa shape index (κ2) is 4.75. The lowest BCUT2D eigenvalue weighted by Gasteiger charge is -2.05. The van der Waals surface area contributed by atoms with Crippen molar-refractivity contribution in [2.24, 2.45) is 12.8 Å². The van der Waals surface area contributed by atoms with Crippen LogP contribution < -0.4 is 10.5 Å². The molecule has 7 nitrogen and oxygen atoms in total. The Hall–Kier alpha value is -1.93. The van der Waals surface area contributed by atoms with Crippen LogP contribution in [0.1, 0.15) is 5.69 Å². The van der Waals surface area contributed by atoms with Gasteiger partial charge in [0.15, 0.2) is 0 Å². The van der Waals surface area contributed by atoms with Crippen LogP contribution >= 0.6 is 0 Å². The van der Waals surface area contributed by atoms with E-state index in [0.29, 0.717) is 11.4 Å². The van der Waals surface area contributed by atoms with Crippen molar-refractivity contribution in [3.05, 3.63) is 36.4 Å². The number of aromatic nitrogens is 3. The monoisotopic (exact) mass is 267 g/mol. The second-order valence-corrected chi connectivity index (χ2v) is 5.38. The van der Waals surface area contributed by atoms with Crippen molar-refractivity contribution in [1.29, 1.82) is 0 Å². The fraction of sp³-hybridized carbons (Fsp3) is 0.200. The molecule has 2 aromatic rings. The summed E-state index contributed by atoms with van der Waals surface area (Å²) < 4.78 is 27.9. The SMILES string of the molecule is Cn1cc(NS(=O)(=O)c2ccc(CN)nc2)cn1. The van der Waals surface area contributed by atoms with Crippen LogP contribution in [0, 0.1) is 0 Å². The van der Waals surface area contributed by atoms with Crippen molar-refractivity contribution in [3.63, 3.8) is 0 Å². The predicted octanol–water partition coefficient (Wildman–Crippen LogP) is 0.0746. The molecular formula is C10H13N5O2S. The molecule has 18 heavy (non-hydrogen) atoms. The highest BCUT2D eigenvalue weighted by molar-refractivity contribution is 7.92. The summed E-state index contributed by atoms with van der Waals surface area (Å²) in [6, 6.07) is 3.05. The number of nitrogens with zero attached hydrogens (tertiary/aromatic N) is 3. The average Bonchev–Trinajstić information content (AvgIpc) is 2.74. The van der Waals surface area contributed by atoms with Gasteiger partial charge in [-0.25, -0.2) is 8.42 Å². The number of aryl methyl sites for hydroxylation is 1. The van der Waals surface area contributed by atoms with Gasteiger partial charge in [0, 0.05) is 26.0 Å². The number of sulfonamides is 1. The van der Waals surface area contributed by atoms with Crippen LogP contribution in [0.25, 0.3) is 0 Å². The number of anilines is 1. The Bertz CT molecular complexity index is 633. The first-order chi connectivity index (χ1) is 8.51. The molecule has 0 radical (unpaired) electrons. The zero-order valence-electron chi connectivity index (χ0n) is 9.74. The lowest BCUT2D eigenvalue weighted by Crippen LogP contribution is -2.13. The smallest absolute Gasteiger partial charge is 0.263 e. The summed E-state index contributed by atoms with van der Waals surface area (Å²) in [5, 5.41) is 3.88. The summed E-state index contributed by atoms with van der Waals surface area (Å²) in [6.45, 7) is 0.274. The lowest BCUT2D eigenvalue weighted by molar-refractivity contribution is 0.600. The molecule has 0 aromatic carbocycles. The van der Waals surface area contributed by atoms with Gasteiger partial charge >= 0.3 is 0 Å². The van der Waals surface area contributed by atoms with Crippen molar-refractivity contribution >= 4 is 15.7 Å². The Balaban J connectivity index is 2.24. The molecule has 0 aliphatic heterocycles. The molecule has 0 fully saturated rings. The standard InChI is InChI=1S/C10H13N5O2S/c1-15-7-9(5-13-15)14-18(16,17)10-3-2-8(4-11)12-6-10/h2-3,5-7,14H,4,11H2,1H3. The first-order valence-corrected chi connectivity index (χ1v) is 6.66. The van der Waals surface area contributed by atoms with Gasteiger partial charge in [-0.2, -0.15) is 5.10 Å². The second-order valence-electron chi connectivity index (χ2n) is 3.70. The molecule has 0 amide bonds. The van der Waals surface area contributed by atoms with E-state index in [0.717, 1.165) is 0 Å². The van der Waals surface area contributed by atoms with Gasteiger partial charge in [-0.3, -0.25) is 14.4 Å².